The zero-order valence-corrected chi connectivity index (χ0v) is 11.9. The summed E-state index contributed by atoms with van der Waals surface area (Å²) in [6.07, 6.45) is 3.68. The lowest BCUT2D eigenvalue weighted by molar-refractivity contribution is 0.251. The Bertz CT molecular complexity index is 372. The highest BCUT2D eigenvalue weighted by atomic mass is 32.2. The molecule has 0 radical (unpaired) electrons. The normalized spacial score (nSPS) is 31.9. The molecule has 2 atom stereocenters. The van der Waals surface area contributed by atoms with Crippen LogP contribution in [0.2, 0.25) is 0 Å². The molecule has 2 unspecified atom stereocenters. The Hall–Kier alpha value is -0.170. The third-order valence-electron chi connectivity index (χ3n) is 4.06. The average Bonchev–Trinajstić information content (AvgIpc) is 2.79. The summed E-state index contributed by atoms with van der Waals surface area (Å²) in [5.74, 6) is 0.788. The molecule has 2 heterocycles. The molecular weight excluding hydrogens is 252 g/mol. The van der Waals surface area contributed by atoms with E-state index in [1.807, 2.05) is 0 Å². The number of hydrogen-bond donors (Lipinski definition) is 1. The van der Waals surface area contributed by atoms with E-state index in [9.17, 15) is 8.42 Å². The summed E-state index contributed by atoms with van der Waals surface area (Å²) in [6.45, 7) is 4.77. The second-order valence-electron chi connectivity index (χ2n) is 5.64. The number of piperidine rings is 1. The van der Waals surface area contributed by atoms with Gasteiger partial charge in [0.05, 0.1) is 0 Å². The first kappa shape index (κ1) is 14.2. The summed E-state index contributed by atoms with van der Waals surface area (Å²) in [5.41, 5.74) is 0. The van der Waals surface area contributed by atoms with Gasteiger partial charge in [0, 0.05) is 32.8 Å². The minimum atomic E-state index is -3.26. The molecule has 0 bridgehead atoms. The van der Waals surface area contributed by atoms with Crippen LogP contribution in [0.1, 0.15) is 32.6 Å². The molecule has 2 rings (SSSR count). The van der Waals surface area contributed by atoms with Gasteiger partial charge in [-0.25, -0.2) is 0 Å². The van der Waals surface area contributed by atoms with E-state index in [-0.39, 0.29) is 6.61 Å². The molecule has 0 aromatic carbocycles. The van der Waals surface area contributed by atoms with Crippen LogP contribution in [-0.4, -0.2) is 54.9 Å². The molecule has 2 fully saturated rings. The van der Waals surface area contributed by atoms with Crippen molar-refractivity contribution in [3.05, 3.63) is 0 Å². The van der Waals surface area contributed by atoms with E-state index in [0.717, 1.165) is 19.3 Å². The van der Waals surface area contributed by atoms with E-state index in [1.54, 1.807) is 8.61 Å². The van der Waals surface area contributed by atoms with Gasteiger partial charge in [-0.05, 0) is 37.5 Å². The van der Waals surface area contributed by atoms with Gasteiger partial charge < -0.3 is 5.11 Å². The van der Waals surface area contributed by atoms with Gasteiger partial charge in [0.25, 0.3) is 10.2 Å². The topological polar surface area (TPSA) is 60.9 Å². The highest BCUT2D eigenvalue weighted by Gasteiger charge is 2.36. The third-order valence-corrected chi connectivity index (χ3v) is 6.03. The Morgan fingerprint density at radius 1 is 1.17 bits per heavy atom. The van der Waals surface area contributed by atoms with Gasteiger partial charge in [-0.3, -0.25) is 0 Å². The monoisotopic (exact) mass is 276 g/mol. The summed E-state index contributed by atoms with van der Waals surface area (Å²) in [6, 6.07) is 0. The molecule has 0 saturated carbocycles. The van der Waals surface area contributed by atoms with Crippen LogP contribution in [0, 0.1) is 11.8 Å². The second kappa shape index (κ2) is 5.86. The van der Waals surface area contributed by atoms with Crippen molar-refractivity contribution in [2.24, 2.45) is 11.8 Å². The van der Waals surface area contributed by atoms with Crippen LogP contribution in [0.25, 0.3) is 0 Å². The van der Waals surface area contributed by atoms with Gasteiger partial charge in [-0.2, -0.15) is 17.0 Å². The van der Waals surface area contributed by atoms with Gasteiger partial charge >= 0.3 is 0 Å². The molecule has 0 aromatic heterocycles. The Kier molecular flexibility index (Phi) is 4.64. The van der Waals surface area contributed by atoms with Crippen LogP contribution in [0.4, 0.5) is 0 Å². The maximum Gasteiger partial charge on any atom is 0.281 e. The number of hydrogen-bond acceptors (Lipinski definition) is 3. The molecule has 0 aliphatic carbocycles. The first-order chi connectivity index (χ1) is 8.54. The Morgan fingerprint density at radius 3 is 2.56 bits per heavy atom. The number of nitrogens with zero attached hydrogens (tertiary/aromatic N) is 2. The highest BCUT2D eigenvalue weighted by molar-refractivity contribution is 7.86. The lowest BCUT2D eigenvalue weighted by Crippen LogP contribution is -2.46. The minimum Gasteiger partial charge on any atom is -0.396 e. The van der Waals surface area contributed by atoms with Crippen LogP contribution in [0.3, 0.4) is 0 Å². The minimum absolute atomic E-state index is 0.152. The van der Waals surface area contributed by atoms with E-state index in [4.69, 9.17) is 5.11 Å². The summed E-state index contributed by atoms with van der Waals surface area (Å²) in [7, 11) is -3.26. The van der Waals surface area contributed by atoms with E-state index < -0.39 is 10.2 Å². The van der Waals surface area contributed by atoms with Crippen molar-refractivity contribution in [1.82, 2.24) is 8.61 Å². The number of rotatable bonds is 4. The van der Waals surface area contributed by atoms with E-state index in [0.29, 0.717) is 44.4 Å². The summed E-state index contributed by atoms with van der Waals surface area (Å²) in [5, 5.41) is 8.92. The van der Waals surface area contributed by atoms with Crippen LogP contribution >= 0.6 is 0 Å². The summed E-state index contributed by atoms with van der Waals surface area (Å²) in [4.78, 5) is 0. The van der Waals surface area contributed by atoms with Crippen molar-refractivity contribution in [3.8, 4) is 0 Å². The molecule has 0 spiro atoms. The van der Waals surface area contributed by atoms with Gasteiger partial charge in [0.2, 0.25) is 0 Å². The van der Waals surface area contributed by atoms with Crippen molar-refractivity contribution in [2.75, 3.05) is 32.8 Å². The summed E-state index contributed by atoms with van der Waals surface area (Å²) >= 11 is 0. The Morgan fingerprint density at radius 2 is 1.89 bits per heavy atom. The molecule has 2 aliphatic heterocycles. The molecular formula is C12H24N2O3S. The van der Waals surface area contributed by atoms with Crippen molar-refractivity contribution in [1.29, 1.82) is 0 Å². The lowest BCUT2D eigenvalue weighted by Gasteiger charge is -2.33. The lowest BCUT2D eigenvalue weighted by atomic mass is 10.0. The molecule has 0 aromatic rings. The standard InChI is InChI=1S/C12H24N2O3S/c1-11-3-2-6-13(9-11)18(16,17)14-7-4-12(10-14)5-8-15/h11-12,15H,2-10H2,1H3. The first-order valence-electron chi connectivity index (χ1n) is 6.90. The number of aliphatic hydroxyl groups excluding tert-OH is 1. The SMILES string of the molecule is CC1CCCN(S(=O)(=O)N2CCC(CCO)C2)C1. The molecule has 0 amide bonds. The molecule has 2 saturated heterocycles. The Balaban J connectivity index is 1.98. The van der Waals surface area contributed by atoms with E-state index >= 15 is 0 Å². The fourth-order valence-electron chi connectivity index (χ4n) is 2.94. The van der Waals surface area contributed by atoms with E-state index in [1.165, 1.54) is 0 Å². The molecule has 2 aliphatic rings. The van der Waals surface area contributed by atoms with Crippen LogP contribution in [0.15, 0.2) is 0 Å². The van der Waals surface area contributed by atoms with Gasteiger partial charge in [-0.15, -0.1) is 0 Å². The van der Waals surface area contributed by atoms with Gasteiger partial charge in [0.15, 0.2) is 0 Å². The predicted molar refractivity (Wildman–Crippen MR) is 70.3 cm³/mol. The smallest absolute Gasteiger partial charge is 0.281 e. The van der Waals surface area contributed by atoms with Crippen LogP contribution < -0.4 is 0 Å². The predicted octanol–water partition coefficient (Wildman–Crippen LogP) is 0.667. The maximum absolute atomic E-state index is 12.5. The van der Waals surface area contributed by atoms with Crippen molar-refractivity contribution in [2.45, 2.75) is 32.6 Å². The van der Waals surface area contributed by atoms with Crippen LogP contribution in [-0.2, 0) is 10.2 Å². The van der Waals surface area contributed by atoms with Gasteiger partial charge in [-0.1, -0.05) is 6.92 Å². The Labute approximate surface area is 110 Å². The van der Waals surface area contributed by atoms with E-state index in [2.05, 4.69) is 6.92 Å². The van der Waals surface area contributed by atoms with Crippen molar-refractivity contribution in [3.63, 3.8) is 0 Å². The molecule has 1 N–H and O–H groups in total. The average molecular weight is 276 g/mol. The fourth-order valence-corrected chi connectivity index (χ4v) is 4.81. The summed E-state index contributed by atoms with van der Waals surface area (Å²) < 4.78 is 28.2. The molecule has 6 heteroatoms. The van der Waals surface area contributed by atoms with Gasteiger partial charge in [0.1, 0.15) is 0 Å². The first-order valence-corrected chi connectivity index (χ1v) is 8.30. The number of aliphatic hydroxyl groups is 1. The molecule has 106 valence electrons. The quantitative estimate of drug-likeness (QED) is 0.821. The molecule has 18 heavy (non-hydrogen) atoms. The second-order valence-corrected chi connectivity index (χ2v) is 7.57. The largest absolute Gasteiger partial charge is 0.396 e. The van der Waals surface area contributed by atoms with Crippen molar-refractivity contribution < 1.29 is 13.5 Å². The zero-order valence-electron chi connectivity index (χ0n) is 11.1. The third kappa shape index (κ3) is 3.04. The maximum atomic E-state index is 12.5. The van der Waals surface area contributed by atoms with Crippen LogP contribution in [0.5, 0.6) is 0 Å². The highest BCUT2D eigenvalue weighted by Crippen LogP contribution is 2.26. The fraction of sp³-hybridized carbons (Fsp3) is 1.00. The molecule has 5 nitrogen and oxygen atoms in total. The van der Waals surface area contributed by atoms with Crippen molar-refractivity contribution >= 4 is 10.2 Å². The zero-order chi connectivity index (χ0) is 13.2.